The molecule has 1 aliphatic carbocycles. The van der Waals surface area contributed by atoms with Crippen LogP contribution in [0.2, 0.25) is 0 Å². The summed E-state index contributed by atoms with van der Waals surface area (Å²) in [4.78, 5) is 18.0. The molecular formula is C16H26N4O. The third kappa shape index (κ3) is 4.70. The van der Waals surface area contributed by atoms with Crippen molar-refractivity contribution in [1.29, 1.82) is 0 Å². The fourth-order valence-corrected chi connectivity index (χ4v) is 2.98. The molecule has 1 aromatic heterocycles. The smallest absolute Gasteiger partial charge is 0.252 e. The van der Waals surface area contributed by atoms with Crippen LogP contribution in [0.4, 0.5) is 5.82 Å². The number of pyridine rings is 1. The summed E-state index contributed by atoms with van der Waals surface area (Å²) < 4.78 is 0. The second-order valence-corrected chi connectivity index (χ2v) is 5.82. The summed E-state index contributed by atoms with van der Waals surface area (Å²) in [5, 5.41) is 3.21. The van der Waals surface area contributed by atoms with Gasteiger partial charge < -0.3 is 16.0 Å². The van der Waals surface area contributed by atoms with Gasteiger partial charge in [0, 0.05) is 18.8 Å². The molecule has 0 aromatic carbocycles. The van der Waals surface area contributed by atoms with Gasteiger partial charge in [0.1, 0.15) is 5.82 Å². The van der Waals surface area contributed by atoms with E-state index in [-0.39, 0.29) is 0 Å². The predicted molar refractivity (Wildman–Crippen MR) is 85.4 cm³/mol. The van der Waals surface area contributed by atoms with E-state index < -0.39 is 5.91 Å². The van der Waals surface area contributed by atoms with E-state index in [1.54, 1.807) is 18.3 Å². The van der Waals surface area contributed by atoms with Crippen LogP contribution in [0, 0.1) is 0 Å². The first-order valence-corrected chi connectivity index (χ1v) is 7.87. The fourth-order valence-electron chi connectivity index (χ4n) is 2.98. The maximum Gasteiger partial charge on any atom is 0.252 e. The Hall–Kier alpha value is -1.62. The fraction of sp³-hybridized carbons (Fsp3) is 0.625. The van der Waals surface area contributed by atoms with Gasteiger partial charge in [0.15, 0.2) is 0 Å². The summed E-state index contributed by atoms with van der Waals surface area (Å²) in [6, 6.07) is 4.17. The number of nitrogens with zero attached hydrogens (tertiary/aromatic N) is 2. The number of aromatic nitrogens is 1. The Balaban J connectivity index is 1.73. The van der Waals surface area contributed by atoms with Gasteiger partial charge >= 0.3 is 0 Å². The number of carbonyl (C=O) groups excluding carboxylic acids is 1. The quantitative estimate of drug-likeness (QED) is 0.756. The molecule has 0 saturated heterocycles. The van der Waals surface area contributed by atoms with Gasteiger partial charge in [-0.05, 0) is 45.0 Å². The van der Waals surface area contributed by atoms with E-state index in [0.29, 0.717) is 11.4 Å². The largest absolute Gasteiger partial charge is 0.369 e. The van der Waals surface area contributed by atoms with Gasteiger partial charge in [-0.25, -0.2) is 4.98 Å². The van der Waals surface area contributed by atoms with Crippen LogP contribution in [-0.2, 0) is 0 Å². The lowest BCUT2D eigenvalue weighted by molar-refractivity contribution is 0.100. The summed E-state index contributed by atoms with van der Waals surface area (Å²) in [5.41, 5.74) is 5.79. The van der Waals surface area contributed by atoms with Crippen molar-refractivity contribution in [2.45, 2.75) is 44.6 Å². The summed E-state index contributed by atoms with van der Waals surface area (Å²) in [6.45, 7) is 1.87. The molecular weight excluding hydrogens is 264 g/mol. The second kappa shape index (κ2) is 7.98. The molecule has 2 rings (SSSR count). The first-order valence-electron chi connectivity index (χ1n) is 7.87. The molecule has 1 amide bonds. The molecule has 0 spiro atoms. The summed E-state index contributed by atoms with van der Waals surface area (Å²) in [5.74, 6) is 0.148. The minimum absolute atomic E-state index is 0.440. The molecule has 3 N–H and O–H groups in total. The van der Waals surface area contributed by atoms with Crippen molar-refractivity contribution >= 4 is 11.7 Å². The standard InChI is InChI=1S/C16H26N4O/c1-20(13-7-3-2-4-8-13)12-6-11-19-16-14(15(17)21)9-5-10-18-16/h5,9-10,13H,2-4,6-8,11-12H2,1H3,(H2,17,21)(H,18,19). The zero-order valence-electron chi connectivity index (χ0n) is 12.8. The van der Waals surface area contributed by atoms with Crippen molar-refractivity contribution in [3.05, 3.63) is 23.9 Å². The number of amides is 1. The Bertz CT molecular complexity index is 457. The van der Waals surface area contributed by atoms with Crippen LogP contribution in [0.3, 0.4) is 0 Å². The summed E-state index contributed by atoms with van der Waals surface area (Å²) in [7, 11) is 2.21. The Morgan fingerprint density at radius 2 is 2.19 bits per heavy atom. The molecule has 1 heterocycles. The van der Waals surface area contributed by atoms with Crippen molar-refractivity contribution < 1.29 is 4.79 Å². The van der Waals surface area contributed by atoms with Gasteiger partial charge in [-0.2, -0.15) is 0 Å². The van der Waals surface area contributed by atoms with E-state index >= 15 is 0 Å². The van der Waals surface area contributed by atoms with E-state index in [2.05, 4.69) is 22.2 Å². The Morgan fingerprint density at radius 1 is 1.43 bits per heavy atom. The minimum atomic E-state index is -0.440. The van der Waals surface area contributed by atoms with Crippen LogP contribution in [-0.4, -0.2) is 42.0 Å². The first-order chi connectivity index (χ1) is 10.2. The van der Waals surface area contributed by atoms with E-state index in [0.717, 1.165) is 25.6 Å². The monoisotopic (exact) mass is 290 g/mol. The topological polar surface area (TPSA) is 71.2 Å². The molecule has 0 unspecified atom stereocenters. The maximum atomic E-state index is 11.3. The van der Waals surface area contributed by atoms with Crippen molar-refractivity contribution in [2.75, 3.05) is 25.5 Å². The van der Waals surface area contributed by atoms with Crippen molar-refractivity contribution in [3.63, 3.8) is 0 Å². The van der Waals surface area contributed by atoms with E-state index in [9.17, 15) is 4.79 Å². The van der Waals surface area contributed by atoms with Gasteiger partial charge in [-0.15, -0.1) is 0 Å². The molecule has 0 radical (unpaired) electrons. The Morgan fingerprint density at radius 3 is 2.90 bits per heavy atom. The predicted octanol–water partition coefficient (Wildman–Crippen LogP) is 2.25. The second-order valence-electron chi connectivity index (χ2n) is 5.82. The van der Waals surface area contributed by atoms with Gasteiger partial charge in [-0.1, -0.05) is 19.3 Å². The lowest BCUT2D eigenvalue weighted by Gasteiger charge is -2.31. The Labute approximate surface area is 126 Å². The van der Waals surface area contributed by atoms with Crippen LogP contribution in [0.15, 0.2) is 18.3 Å². The lowest BCUT2D eigenvalue weighted by Crippen LogP contribution is -2.34. The molecule has 0 aliphatic heterocycles. The van der Waals surface area contributed by atoms with E-state index in [1.165, 1.54) is 32.1 Å². The van der Waals surface area contributed by atoms with Gasteiger partial charge in [0.2, 0.25) is 0 Å². The normalized spacial score (nSPS) is 16.1. The zero-order chi connectivity index (χ0) is 15.1. The maximum absolute atomic E-state index is 11.3. The minimum Gasteiger partial charge on any atom is -0.369 e. The van der Waals surface area contributed by atoms with E-state index in [1.807, 2.05) is 0 Å². The van der Waals surface area contributed by atoms with Crippen LogP contribution in [0.1, 0.15) is 48.9 Å². The zero-order valence-corrected chi connectivity index (χ0v) is 12.8. The van der Waals surface area contributed by atoms with E-state index in [4.69, 9.17) is 5.73 Å². The van der Waals surface area contributed by atoms with Crippen molar-refractivity contribution in [1.82, 2.24) is 9.88 Å². The molecule has 1 aromatic rings. The highest BCUT2D eigenvalue weighted by molar-refractivity contribution is 5.97. The Kier molecular flexibility index (Phi) is 5.99. The number of carbonyl (C=O) groups is 1. The first kappa shape index (κ1) is 15.8. The van der Waals surface area contributed by atoms with Gasteiger partial charge in [0.25, 0.3) is 5.91 Å². The lowest BCUT2D eigenvalue weighted by atomic mass is 9.94. The van der Waals surface area contributed by atoms with Crippen LogP contribution in [0.25, 0.3) is 0 Å². The molecule has 21 heavy (non-hydrogen) atoms. The average Bonchev–Trinajstić information content (AvgIpc) is 2.52. The molecule has 1 fully saturated rings. The highest BCUT2D eigenvalue weighted by Gasteiger charge is 2.17. The van der Waals surface area contributed by atoms with Crippen LogP contribution < -0.4 is 11.1 Å². The molecule has 0 bridgehead atoms. The van der Waals surface area contributed by atoms with Gasteiger partial charge in [-0.3, -0.25) is 4.79 Å². The number of hydrogen-bond acceptors (Lipinski definition) is 4. The van der Waals surface area contributed by atoms with Crippen LogP contribution in [0.5, 0.6) is 0 Å². The van der Waals surface area contributed by atoms with Gasteiger partial charge in [0.05, 0.1) is 5.56 Å². The molecule has 5 nitrogen and oxygen atoms in total. The number of nitrogens with one attached hydrogen (secondary N) is 1. The number of anilines is 1. The molecule has 0 atom stereocenters. The van der Waals surface area contributed by atoms with Crippen molar-refractivity contribution in [2.24, 2.45) is 5.73 Å². The number of rotatable bonds is 7. The SMILES string of the molecule is CN(CCCNc1ncccc1C(N)=O)C1CCCCC1. The summed E-state index contributed by atoms with van der Waals surface area (Å²) >= 11 is 0. The third-order valence-electron chi connectivity index (χ3n) is 4.25. The number of nitrogens with two attached hydrogens (primary N) is 1. The number of primary amides is 1. The highest BCUT2D eigenvalue weighted by atomic mass is 16.1. The average molecular weight is 290 g/mol. The molecule has 1 aliphatic rings. The molecule has 116 valence electrons. The summed E-state index contributed by atoms with van der Waals surface area (Å²) in [6.07, 6.45) is 9.48. The molecule has 5 heteroatoms. The van der Waals surface area contributed by atoms with Crippen LogP contribution >= 0.6 is 0 Å². The third-order valence-corrected chi connectivity index (χ3v) is 4.25. The highest BCUT2D eigenvalue weighted by Crippen LogP contribution is 2.21. The van der Waals surface area contributed by atoms with Crippen molar-refractivity contribution in [3.8, 4) is 0 Å². The molecule has 1 saturated carbocycles. The number of hydrogen-bond donors (Lipinski definition) is 2.